The Morgan fingerprint density at radius 2 is 1.77 bits per heavy atom. The second-order valence-electron chi connectivity index (χ2n) is 4.97. The van der Waals surface area contributed by atoms with E-state index in [1.807, 2.05) is 0 Å². The third-order valence-corrected chi connectivity index (χ3v) is 3.15. The summed E-state index contributed by atoms with van der Waals surface area (Å²) < 4.78 is 0. The molecular weight excluding hydrogens is 290 g/mol. The van der Waals surface area contributed by atoms with E-state index in [0.717, 1.165) is 0 Å². The number of carbonyl (C=O) groups is 3. The molecule has 0 radical (unpaired) electrons. The van der Waals surface area contributed by atoms with Crippen LogP contribution in [0.2, 0.25) is 0 Å². The number of ketones is 1. The molecule has 1 aromatic rings. The third kappa shape index (κ3) is 4.83. The number of aliphatic carboxylic acids is 1. The van der Waals surface area contributed by atoms with Gasteiger partial charge < -0.3 is 27.4 Å². The Hall–Kier alpha value is -2.45. The summed E-state index contributed by atoms with van der Waals surface area (Å²) in [6.07, 6.45) is -0.0663. The van der Waals surface area contributed by atoms with Gasteiger partial charge in [-0.15, -0.1) is 0 Å². The molecule has 120 valence electrons. The number of amides is 1. The van der Waals surface area contributed by atoms with Crippen molar-refractivity contribution in [1.82, 2.24) is 0 Å². The number of carboxylic acid groups (broad SMARTS) is 1. The number of benzene rings is 1. The number of primary amides is 1. The molecule has 0 heterocycles. The first-order valence-electron chi connectivity index (χ1n) is 6.60. The van der Waals surface area contributed by atoms with Gasteiger partial charge in [0.2, 0.25) is 5.91 Å². The molecule has 22 heavy (non-hydrogen) atoms. The summed E-state index contributed by atoms with van der Waals surface area (Å²) in [7, 11) is 0. The van der Waals surface area contributed by atoms with E-state index < -0.39 is 29.7 Å². The van der Waals surface area contributed by atoms with Crippen LogP contribution in [0.15, 0.2) is 18.2 Å². The smallest absolute Gasteiger partial charge is 0.320 e. The highest BCUT2D eigenvalue weighted by Gasteiger charge is 2.22. The highest BCUT2D eigenvalue weighted by Crippen LogP contribution is 2.20. The molecule has 0 aliphatic rings. The molecule has 0 bridgehead atoms. The van der Waals surface area contributed by atoms with Gasteiger partial charge in [0.1, 0.15) is 11.8 Å². The van der Waals surface area contributed by atoms with Crippen molar-refractivity contribution in [3.05, 3.63) is 29.3 Å². The number of nitrogens with two attached hydrogens (primary N) is 3. The lowest BCUT2D eigenvalue weighted by Gasteiger charge is -2.15. The molecule has 0 saturated carbocycles. The molecule has 1 rings (SSSR count). The van der Waals surface area contributed by atoms with Crippen LogP contribution in [0.3, 0.4) is 0 Å². The summed E-state index contributed by atoms with van der Waals surface area (Å²) in [4.78, 5) is 33.9. The molecule has 1 aromatic carbocycles. The van der Waals surface area contributed by atoms with Crippen LogP contribution >= 0.6 is 0 Å². The van der Waals surface area contributed by atoms with Crippen LogP contribution in [0, 0.1) is 0 Å². The standard InChI is InChI=1S/C14H19N3O5/c15-10(3-4-12(17)19)13(20)9-6-8(18)2-1-7(9)5-11(16)14(21)22/h1-2,6,10-11,18H,3-5,15-16H2,(H2,17,19)(H,21,22)/t10-,11-/m0/s1. The van der Waals surface area contributed by atoms with E-state index in [1.165, 1.54) is 18.2 Å². The number of hydrogen-bond acceptors (Lipinski definition) is 6. The van der Waals surface area contributed by atoms with Crippen molar-refractivity contribution in [3.63, 3.8) is 0 Å². The van der Waals surface area contributed by atoms with Crippen molar-refractivity contribution in [1.29, 1.82) is 0 Å². The van der Waals surface area contributed by atoms with Gasteiger partial charge in [0.15, 0.2) is 5.78 Å². The zero-order chi connectivity index (χ0) is 16.9. The predicted molar refractivity (Wildman–Crippen MR) is 78.2 cm³/mol. The van der Waals surface area contributed by atoms with Crippen molar-refractivity contribution in [2.75, 3.05) is 0 Å². The molecule has 1 amide bonds. The Kier molecular flexibility index (Phi) is 6.02. The van der Waals surface area contributed by atoms with E-state index in [1.54, 1.807) is 0 Å². The molecule has 0 aliphatic heterocycles. The second kappa shape index (κ2) is 7.53. The van der Waals surface area contributed by atoms with Crippen LogP contribution in [0.25, 0.3) is 0 Å². The minimum absolute atomic E-state index is 0.0459. The molecule has 0 aromatic heterocycles. The molecule has 8 heteroatoms. The lowest BCUT2D eigenvalue weighted by Crippen LogP contribution is -2.35. The quantitative estimate of drug-likeness (QED) is 0.388. The van der Waals surface area contributed by atoms with E-state index in [2.05, 4.69) is 0 Å². The molecule has 2 atom stereocenters. The molecule has 0 fully saturated rings. The van der Waals surface area contributed by atoms with Gasteiger partial charge in [0.05, 0.1) is 6.04 Å². The van der Waals surface area contributed by atoms with Gasteiger partial charge in [-0.25, -0.2) is 0 Å². The first kappa shape index (κ1) is 17.6. The number of phenolic OH excluding ortho intramolecular Hbond substituents is 1. The molecule has 0 spiro atoms. The minimum atomic E-state index is -1.20. The number of phenols is 1. The Balaban J connectivity index is 3.00. The number of carboxylic acids is 1. The number of hydrogen-bond donors (Lipinski definition) is 5. The third-order valence-electron chi connectivity index (χ3n) is 3.15. The zero-order valence-electron chi connectivity index (χ0n) is 11.9. The molecule has 0 aliphatic carbocycles. The lowest BCUT2D eigenvalue weighted by atomic mass is 9.93. The van der Waals surface area contributed by atoms with Crippen LogP contribution in [-0.2, 0) is 16.0 Å². The maximum atomic E-state index is 12.3. The van der Waals surface area contributed by atoms with E-state index >= 15 is 0 Å². The van der Waals surface area contributed by atoms with Crippen LogP contribution in [0.4, 0.5) is 0 Å². The number of carbonyl (C=O) groups excluding carboxylic acids is 2. The van der Waals surface area contributed by atoms with Crippen molar-refractivity contribution in [2.45, 2.75) is 31.3 Å². The Morgan fingerprint density at radius 3 is 2.32 bits per heavy atom. The zero-order valence-corrected chi connectivity index (χ0v) is 11.9. The monoisotopic (exact) mass is 309 g/mol. The lowest BCUT2D eigenvalue weighted by molar-refractivity contribution is -0.138. The van der Waals surface area contributed by atoms with Gasteiger partial charge in [0, 0.05) is 12.0 Å². The highest BCUT2D eigenvalue weighted by atomic mass is 16.4. The Bertz CT molecular complexity index is 588. The predicted octanol–water partition coefficient (Wildman–Crippen LogP) is -0.878. The van der Waals surface area contributed by atoms with Gasteiger partial charge >= 0.3 is 5.97 Å². The van der Waals surface area contributed by atoms with Gasteiger partial charge in [-0.3, -0.25) is 14.4 Å². The average molecular weight is 309 g/mol. The van der Waals surface area contributed by atoms with Gasteiger partial charge in [-0.2, -0.15) is 0 Å². The van der Waals surface area contributed by atoms with Gasteiger partial charge in [0.25, 0.3) is 0 Å². The largest absolute Gasteiger partial charge is 0.508 e. The topological polar surface area (TPSA) is 170 Å². The average Bonchev–Trinajstić information content (AvgIpc) is 2.45. The van der Waals surface area contributed by atoms with E-state index in [4.69, 9.17) is 22.3 Å². The molecule has 0 saturated heterocycles. The Labute approximate surface area is 126 Å². The van der Waals surface area contributed by atoms with Gasteiger partial charge in [-0.05, 0) is 30.5 Å². The van der Waals surface area contributed by atoms with E-state index in [9.17, 15) is 19.5 Å². The first-order valence-corrected chi connectivity index (χ1v) is 6.60. The van der Waals surface area contributed by atoms with Crippen LogP contribution in [0.5, 0.6) is 5.75 Å². The fraction of sp³-hybridized carbons (Fsp3) is 0.357. The number of aromatic hydroxyl groups is 1. The van der Waals surface area contributed by atoms with Crippen molar-refractivity contribution in [2.24, 2.45) is 17.2 Å². The molecule has 0 unspecified atom stereocenters. The number of rotatable bonds is 8. The van der Waals surface area contributed by atoms with Gasteiger partial charge in [-0.1, -0.05) is 6.07 Å². The summed E-state index contributed by atoms with van der Waals surface area (Å²) >= 11 is 0. The summed E-state index contributed by atoms with van der Waals surface area (Å²) in [5.41, 5.74) is 16.6. The Morgan fingerprint density at radius 1 is 1.14 bits per heavy atom. The SMILES string of the molecule is NC(=O)CC[C@H](N)C(=O)c1cc(O)ccc1C[C@H](N)C(=O)O. The minimum Gasteiger partial charge on any atom is -0.508 e. The normalized spacial score (nSPS) is 13.4. The van der Waals surface area contributed by atoms with Crippen molar-refractivity contribution in [3.8, 4) is 5.75 Å². The molecular formula is C14H19N3O5. The number of Topliss-reactive ketones (excluding diaryl/α,β-unsaturated/α-hetero) is 1. The summed E-state index contributed by atoms with van der Waals surface area (Å²) in [6, 6.07) is 1.80. The maximum absolute atomic E-state index is 12.3. The highest BCUT2D eigenvalue weighted by molar-refractivity contribution is 6.01. The van der Waals surface area contributed by atoms with Crippen LogP contribution in [-0.4, -0.2) is 40.0 Å². The van der Waals surface area contributed by atoms with Crippen molar-refractivity contribution < 1.29 is 24.6 Å². The first-order chi connectivity index (χ1) is 10.2. The molecule has 8 nitrogen and oxygen atoms in total. The van der Waals surface area contributed by atoms with Crippen LogP contribution < -0.4 is 17.2 Å². The van der Waals surface area contributed by atoms with E-state index in [-0.39, 0.29) is 30.6 Å². The fourth-order valence-electron chi connectivity index (χ4n) is 1.92. The molecule has 8 N–H and O–H groups in total. The summed E-state index contributed by atoms with van der Waals surface area (Å²) in [6.45, 7) is 0. The van der Waals surface area contributed by atoms with E-state index in [0.29, 0.717) is 5.56 Å². The maximum Gasteiger partial charge on any atom is 0.320 e. The van der Waals surface area contributed by atoms with Crippen LogP contribution in [0.1, 0.15) is 28.8 Å². The summed E-state index contributed by atoms with van der Waals surface area (Å²) in [5.74, 6) is -2.44. The summed E-state index contributed by atoms with van der Waals surface area (Å²) in [5, 5.41) is 18.4. The fourth-order valence-corrected chi connectivity index (χ4v) is 1.92. The van der Waals surface area contributed by atoms with Crippen molar-refractivity contribution >= 4 is 17.7 Å². The second-order valence-corrected chi connectivity index (χ2v) is 4.97.